The Labute approximate surface area is 110 Å². The molecule has 0 bridgehead atoms. The van der Waals surface area contributed by atoms with Gasteiger partial charge in [0.05, 0.1) is 6.21 Å². The number of aryl methyl sites for hydroxylation is 1. The highest BCUT2D eigenvalue weighted by Gasteiger charge is 2.03. The molecule has 0 aliphatic rings. The van der Waals surface area contributed by atoms with Gasteiger partial charge in [-0.25, -0.2) is 5.43 Å². The second-order valence-electron chi connectivity index (χ2n) is 3.98. The number of carbonyl (C=O) groups is 1. The first-order chi connectivity index (χ1) is 9.16. The van der Waals surface area contributed by atoms with Gasteiger partial charge < -0.3 is 5.11 Å². The quantitative estimate of drug-likeness (QED) is 0.635. The van der Waals surface area contributed by atoms with Crippen molar-refractivity contribution in [3.05, 3.63) is 47.8 Å². The Balaban J connectivity index is 1.91. The number of hydrazone groups is 1. The van der Waals surface area contributed by atoms with E-state index in [1.165, 1.54) is 6.21 Å². The summed E-state index contributed by atoms with van der Waals surface area (Å²) < 4.78 is 1.57. The third-order valence-electron chi connectivity index (χ3n) is 2.55. The van der Waals surface area contributed by atoms with Crippen LogP contribution in [0.25, 0.3) is 0 Å². The molecule has 0 fully saturated rings. The molecular formula is C13H14N4O2. The zero-order chi connectivity index (χ0) is 13.7. The standard InChI is InChI=1S/C13H14N4O2/c1-10-6-7-15-17(10)9-13(19)16-14-8-11-4-2-3-5-12(11)18/h2-8,18H,9H2,1H3,(H,16,19)/b14-8-. The third kappa shape index (κ3) is 3.41. The number of phenolic OH excluding ortho intramolecular Hbond substituents is 1. The Morgan fingerprint density at radius 2 is 2.26 bits per heavy atom. The molecule has 2 aromatic rings. The smallest absolute Gasteiger partial charge is 0.261 e. The summed E-state index contributed by atoms with van der Waals surface area (Å²) in [6.45, 7) is 1.97. The van der Waals surface area contributed by atoms with Gasteiger partial charge in [-0.2, -0.15) is 10.2 Å². The maximum absolute atomic E-state index is 11.6. The molecule has 98 valence electrons. The number of nitrogens with zero attached hydrogens (tertiary/aromatic N) is 3. The van der Waals surface area contributed by atoms with Gasteiger partial charge in [-0.05, 0) is 25.1 Å². The largest absolute Gasteiger partial charge is 0.507 e. The highest BCUT2D eigenvalue weighted by Crippen LogP contribution is 2.12. The van der Waals surface area contributed by atoms with E-state index in [0.717, 1.165) is 5.69 Å². The minimum atomic E-state index is -0.279. The SMILES string of the molecule is Cc1ccnn1CC(=O)N/N=C\c1ccccc1O. The fourth-order valence-electron chi connectivity index (χ4n) is 1.51. The Morgan fingerprint density at radius 3 is 2.95 bits per heavy atom. The lowest BCUT2D eigenvalue weighted by molar-refractivity contribution is -0.121. The predicted molar refractivity (Wildman–Crippen MR) is 70.8 cm³/mol. The number of rotatable bonds is 4. The third-order valence-corrected chi connectivity index (χ3v) is 2.55. The summed E-state index contributed by atoms with van der Waals surface area (Å²) in [5, 5.41) is 17.3. The number of phenols is 1. The fourth-order valence-corrected chi connectivity index (χ4v) is 1.51. The molecule has 1 aromatic carbocycles. The highest BCUT2D eigenvalue weighted by molar-refractivity contribution is 5.84. The number of hydrogen-bond acceptors (Lipinski definition) is 4. The summed E-state index contributed by atoms with van der Waals surface area (Å²) in [6.07, 6.45) is 3.02. The minimum absolute atomic E-state index is 0.108. The van der Waals surface area contributed by atoms with E-state index < -0.39 is 0 Å². The lowest BCUT2D eigenvalue weighted by Crippen LogP contribution is -2.24. The molecule has 1 amide bonds. The van der Waals surface area contributed by atoms with E-state index in [4.69, 9.17) is 0 Å². The summed E-state index contributed by atoms with van der Waals surface area (Å²) in [7, 11) is 0. The van der Waals surface area contributed by atoms with Crippen molar-refractivity contribution in [3.63, 3.8) is 0 Å². The van der Waals surface area contributed by atoms with Crippen LogP contribution >= 0.6 is 0 Å². The van der Waals surface area contributed by atoms with Crippen LogP contribution in [0.4, 0.5) is 0 Å². The molecule has 1 heterocycles. The Morgan fingerprint density at radius 1 is 1.47 bits per heavy atom. The Kier molecular flexibility index (Phi) is 3.92. The van der Waals surface area contributed by atoms with Gasteiger partial charge in [0.15, 0.2) is 0 Å². The maximum atomic E-state index is 11.6. The van der Waals surface area contributed by atoms with E-state index in [1.54, 1.807) is 35.1 Å². The molecule has 2 N–H and O–H groups in total. The molecule has 6 heteroatoms. The second kappa shape index (κ2) is 5.81. The lowest BCUT2D eigenvalue weighted by atomic mass is 10.2. The number of hydrogen-bond donors (Lipinski definition) is 2. The molecule has 0 aliphatic carbocycles. The number of benzene rings is 1. The van der Waals surface area contributed by atoms with Gasteiger partial charge in [0.25, 0.3) is 5.91 Å². The van der Waals surface area contributed by atoms with E-state index in [1.807, 2.05) is 13.0 Å². The average Bonchev–Trinajstić information content (AvgIpc) is 2.77. The van der Waals surface area contributed by atoms with E-state index in [-0.39, 0.29) is 18.2 Å². The van der Waals surface area contributed by atoms with Crippen LogP contribution in [0.3, 0.4) is 0 Å². The van der Waals surface area contributed by atoms with Crippen molar-refractivity contribution >= 4 is 12.1 Å². The first-order valence-corrected chi connectivity index (χ1v) is 5.75. The zero-order valence-corrected chi connectivity index (χ0v) is 10.4. The van der Waals surface area contributed by atoms with Gasteiger partial charge in [0, 0.05) is 17.5 Å². The average molecular weight is 258 g/mol. The van der Waals surface area contributed by atoms with Crippen LogP contribution in [0.15, 0.2) is 41.6 Å². The van der Waals surface area contributed by atoms with Crippen LogP contribution in [0.2, 0.25) is 0 Å². The molecule has 2 rings (SSSR count). The lowest BCUT2D eigenvalue weighted by Gasteiger charge is -2.02. The van der Waals surface area contributed by atoms with Crippen molar-refractivity contribution in [2.24, 2.45) is 5.10 Å². The van der Waals surface area contributed by atoms with E-state index in [2.05, 4.69) is 15.6 Å². The van der Waals surface area contributed by atoms with Crippen LogP contribution in [0.5, 0.6) is 5.75 Å². The van der Waals surface area contributed by atoms with Crippen LogP contribution < -0.4 is 5.43 Å². The minimum Gasteiger partial charge on any atom is -0.507 e. The molecule has 0 saturated carbocycles. The number of nitrogens with one attached hydrogen (secondary N) is 1. The van der Waals surface area contributed by atoms with E-state index >= 15 is 0 Å². The first-order valence-electron chi connectivity index (χ1n) is 5.75. The summed E-state index contributed by atoms with van der Waals surface area (Å²) >= 11 is 0. The van der Waals surface area contributed by atoms with Crippen LogP contribution in [-0.4, -0.2) is 27.0 Å². The molecule has 0 radical (unpaired) electrons. The topological polar surface area (TPSA) is 79.5 Å². The maximum Gasteiger partial charge on any atom is 0.261 e. The van der Waals surface area contributed by atoms with Crippen LogP contribution in [0.1, 0.15) is 11.3 Å². The predicted octanol–water partition coefficient (Wildman–Crippen LogP) is 1.05. The van der Waals surface area contributed by atoms with Crippen molar-refractivity contribution in [2.45, 2.75) is 13.5 Å². The van der Waals surface area contributed by atoms with Gasteiger partial charge in [-0.1, -0.05) is 12.1 Å². The fraction of sp³-hybridized carbons (Fsp3) is 0.154. The number of carbonyl (C=O) groups excluding carboxylic acids is 1. The highest BCUT2D eigenvalue weighted by atomic mass is 16.3. The number of aromatic nitrogens is 2. The zero-order valence-electron chi connectivity index (χ0n) is 10.4. The summed E-state index contributed by atoms with van der Waals surface area (Å²) in [5.74, 6) is -0.165. The van der Waals surface area contributed by atoms with Crippen LogP contribution in [0, 0.1) is 6.92 Å². The van der Waals surface area contributed by atoms with Gasteiger partial charge in [-0.15, -0.1) is 0 Å². The Hall–Kier alpha value is -2.63. The van der Waals surface area contributed by atoms with Gasteiger partial charge in [0.2, 0.25) is 0 Å². The Bertz CT molecular complexity index is 604. The molecule has 0 aliphatic heterocycles. The van der Waals surface area contributed by atoms with Crippen molar-refractivity contribution in [1.82, 2.24) is 15.2 Å². The molecule has 0 atom stereocenters. The number of para-hydroxylation sites is 1. The van der Waals surface area contributed by atoms with Crippen molar-refractivity contribution < 1.29 is 9.90 Å². The van der Waals surface area contributed by atoms with Crippen LogP contribution in [-0.2, 0) is 11.3 Å². The van der Waals surface area contributed by atoms with Crippen molar-refractivity contribution in [3.8, 4) is 5.75 Å². The normalized spacial score (nSPS) is 10.8. The molecule has 1 aromatic heterocycles. The van der Waals surface area contributed by atoms with Crippen molar-refractivity contribution in [1.29, 1.82) is 0 Å². The molecule has 19 heavy (non-hydrogen) atoms. The first kappa shape index (κ1) is 12.8. The summed E-state index contributed by atoms with van der Waals surface area (Å²) in [5.41, 5.74) is 3.82. The second-order valence-corrected chi connectivity index (χ2v) is 3.98. The number of aromatic hydroxyl groups is 1. The van der Waals surface area contributed by atoms with Gasteiger partial charge in [-0.3, -0.25) is 9.48 Å². The summed E-state index contributed by atoms with van der Waals surface area (Å²) in [6, 6.07) is 8.55. The van der Waals surface area contributed by atoms with Crippen molar-refractivity contribution in [2.75, 3.05) is 0 Å². The molecular weight excluding hydrogens is 244 g/mol. The summed E-state index contributed by atoms with van der Waals surface area (Å²) in [4.78, 5) is 11.6. The molecule has 0 saturated heterocycles. The van der Waals surface area contributed by atoms with Gasteiger partial charge in [0.1, 0.15) is 12.3 Å². The van der Waals surface area contributed by atoms with E-state index in [0.29, 0.717) is 5.56 Å². The number of amides is 1. The monoisotopic (exact) mass is 258 g/mol. The van der Waals surface area contributed by atoms with Gasteiger partial charge >= 0.3 is 0 Å². The van der Waals surface area contributed by atoms with E-state index in [9.17, 15) is 9.90 Å². The molecule has 0 spiro atoms. The molecule has 0 unspecified atom stereocenters. The molecule has 6 nitrogen and oxygen atoms in total.